The molecule has 5 nitrogen and oxygen atoms in total. The van der Waals surface area contributed by atoms with E-state index < -0.39 is 6.09 Å². The molecule has 0 atom stereocenters. The molecule has 0 bridgehead atoms. The summed E-state index contributed by atoms with van der Waals surface area (Å²) in [5.74, 6) is 0.530. The van der Waals surface area contributed by atoms with Crippen LogP contribution in [0.2, 0.25) is 0 Å². The topological polar surface area (TPSA) is 60.5 Å². The van der Waals surface area contributed by atoms with E-state index in [0.717, 1.165) is 0 Å². The largest absolute Gasteiger partial charge is 0.478 e. The molecule has 0 aliphatic rings. The van der Waals surface area contributed by atoms with Crippen LogP contribution in [-0.2, 0) is 4.74 Å². The quantitative estimate of drug-likeness (QED) is 0.798. The second-order valence-corrected chi connectivity index (χ2v) is 2.43. The third-order valence-corrected chi connectivity index (χ3v) is 1.46. The van der Waals surface area contributed by atoms with E-state index in [1.807, 2.05) is 6.92 Å². The number of nitrogens with zero attached hydrogens (tertiary/aromatic N) is 1. The number of aromatic nitrogens is 1. The van der Waals surface area contributed by atoms with Crippen molar-refractivity contribution in [1.29, 1.82) is 0 Å². The van der Waals surface area contributed by atoms with Crippen molar-refractivity contribution >= 4 is 11.8 Å². The Morgan fingerprint density at radius 1 is 1.57 bits per heavy atom. The molecule has 1 aromatic heterocycles. The molecule has 1 N–H and O–H groups in total. The molecule has 76 valence electrons. The standard InChI is InChI=1S/C9H12N2O3/c1-3-14-8-5-4-7(6-10-8)11-9(12)13-2/h4-6H,3H2,1-2H3,(H,11,12). The zero-order chi connectivity index (χ0) is 10.4. The van der Waals surface area contributed by atoms with Gasteiger partial charge in [-0.3, -0.25) is 5.32 Å². The van der Waals surface area contributed by atoms with E-state index in [1.54, 1.807) is 12.1 Å². The number of anilines is 1. The molecule has 0 unspecified atom stereocenters. The van der Waals surface area contributed by atoms with Crippen LogP contribution >= 0.6 is 0 Å². The van der Waals surface area contributed by atoms with Crippen molar-refractivity contribution in [3.63, 3.8) is 0 Å². The van der Waals surface area contributed by atoms with Crippen molar-refractivity contribution in [2.75, 3.05) is 19.0 Å². The monoisotopic (exact) mass is 196 g/mol. The molecule has 0 aliphatic heterocycles. The van der Waals surface area contributed by atoms with E-state index >= 15 is 0 Å². The van der Waals surface area contributed by atoms with Gasteiger partial charge < -0.3 is 9.47 Å². The fraction of sp³-hybridized carbons (Fsp3) is 0.333. The van der Waals surface area contributed by atoms with Gasteiger partial charge in [0.2, 0.25) is 5.88 Å². The highest BCUT2D eigenvalue weighted by Crippen LogP contribution is 2.11. The smallest absolute Gasteiger partial charge is 0.411 e. The number of ether oxygens (including phenoxy) is 2. The maximum Gasteiger partial charge on any atom is 0.411 e. The second kappa shape index (κ2) is 5.06. The molecule has 1 heterocycles. The average Bonchev–Trinajstić information content (AvgIpc) is 2.21. The zero-order valence-electron chi connectivity index (χ0n) is 8.11. The van der Waals surface area contributed by atoms with Crippen LogP contribution in [0.25, 0.3) is 0 Å². The summed E-state index contributed by atoms with van der Waals surface area (Å²) in [4.78, 5) is 14.8. The van der Waals surface area contributed by atoms with Gasteiger partial charge in [0.05, 0.1) is 25.6 Å². The molecule has 1 aromatic rings. The van der Waals surface area contributed by atoms with Crippen LogP contribution in [0.1, 0.15) is 6.92 Å². The molecule has 0 spiro atoms. The number of hydrogen-bond donors (Lipinski definition) is 1. The van der Waals surface area contributed by atoms with Gasteiger partial charge in [0.1, 0.15) is 0 Å². The summed E-state index contributed by atoms with van der Waals surface area (Å²) < 4.78 is 9.56. The number of rotatable bonds is 3. The Bertz CT molecular complexity index is 297. The van der Waals surface area contributed by atoms with Crippen LogP contribution in [0, 0.1) is 0 Å². The minimum atomic E-state index is -0.518. The van der Waals surface area contributed by atoms with Gasteiger partial charge in [0, 0.05) is 6.07 Å². The maximum absolute atomic E-state index is 10.8. The number of hydrogen-bond acceptors (Lipinski definition) is 4. The molecule has 0 fully saturated rings. The first-order valence-electron chi connectivity index (χ1n) is 4.20. The van der Waals surface area contributed by atoms with Crippen molar-refractivity contribution in [3.05, 3.63) is 18.3 Å². The summed E-state index contributed by atoms with van der Waals surface area (Å²) in [5.41, 5.74) is 0.570. The van der Waals surface area contributed by atoms with Crippen LogP contribution in [0.4, 0.5) is 10.5 Å². The van der Waals surface area contributed by atoms with E-state index in [-0.39, 0.29) is 0 Å². The van der Waals surface area contributed by atoms with Gasteiger partial charge in [0.25, 0.3) is 0 Å². The van der Waals surface area contributed by atoms with Gasteiger partial charge >= 0.3 is 6.09 Å². The Hall–Kier alpha value is -1.78. The minimum absolute atomic E-state index is 0.518. The molecule has 1 amide bonds. The molecule has 0 saturated heterocycles. The van der Waals surface area contributed by atoms with E-state index in [2.05, 4.69) is 15.0 Å². The van der Waals surface area contributed by atoms with E-state index in [0.29, 0.717) is 18.2 Å². The Balaban J connectivity index is 2.59. The lowest BCUT2D eigenvalue weighted by molar-refractivity contribution is 0.187. The predicted molar refractivity (Wildman–Crippen MR) is 51.4 cm³/mol. The van der Waals surface area contributed by atoms with Gasteiger partial charge in [-0.05, 0) is 13.0 Å². The lowest BCUT2D eigenvalue weighted by Gasteiger charge is -2.04. The maximum atomic E-state index is 10.8. The first-order chi connectivity index (χ1) is 6.76. The Morgan fingerprint density at radius 2 is 2.36 bits per heavy atom. The molecule has 0 radical (unpaired) electrons. The molecule has 0 saturated carbocycles. The summed E-state index contributed by atoms with van der Waals surface area (Å²) in [6.07, 6.45) is 0.984. The Labute approximate surface area is 82.0 Å². The highest BCUT2D eigenvalue weighted by molar-refractivity contribution is 5.84. The van der Waals surface area contributed by atoms with Gasteiger partial charge in [-0.25, -0.2) is 9.78 Å². The van der Waals surface area contributed by atoms with Crippen molar-refractivity contribution in [1.82, 2.24) is 4.98 Å². The van der Waals surface area contributed by atoms with Crippen molar-refractivity contribution < 1.29 is 14.3 Å². The number of carbonyl (C=O) groups is 1. The van der Waals surface area contributed by atoms with Gasteiger partial charge in [-0.15, -0.1) is 0 Å². The van der Waals surface area contributed by atoms with Crippen molar-refractivity contribution in [2.24, 2.45) is 0 Å². The highest BCUT2D eigenvalue weighted by atomic mass is 16.5. The number of methoxy groups -OCH3 is 1. The molecule has 0 aromatic carbocycles. The Morgan fingerprint density at radius 3 is 2.86 bits per heavy atom. The summed E-state index contributed by atoms with van der Waals surface area (Å²) in [6.45, 7) is 2.44. The fourth-order valence-electron chi connectivity index (χ4n) is 0.856. The lowest BCUT2D eigenvalue weighted by atomic mass is 10.4. The normalized spacial score (nSPS) is 9.29. The molecule has 0 aliphatic carbocycles. The SMILES string of the molecule is CCOc1ccc(NC(=O)OC)cn1. The van der Waals surface area contributed by atoms with Crippen molar-refractivity contribution in [3.8, 4) is 5.88 Å². The third-order valence-electron chi connectivity index (χ3n) is 1.46. The number of nitrogens with one attached hydrogen (secondary N) is 1. The molecule has 1 rings (SSSR count). The lowest BCUT2D eigenvalue weighted by Crippen LogP contribution is -2.11. The first-order valence-corrected chi connectivity index (χ1v) is 4.20. The number of carbonyl (C=O) groups excluding carboxylic acids is 1. The summed E-state index contributed by atoms with van der Waals surface area (Å²) >= 11 is 0. The van der Waals surface area contributed by atoms with Crippen LogP contribution in [0.5, 0.6) is 5.88 Å². The summed E-state index contributed by atoms with van der Waals surface area (Å²) in [5, 5.41) is 2.48. The van der Waals surface area contributed by atoms with Crippen molar-refractivity contribution in [2.45, 2.75) is 6.92 Å². The molecule has 5 heteroatoms. The summed E-state index contributed by atoms with van der Waals surface area (Å²) in [7, 11) is 1.30. The zero-order valence-corrected chi connectivity index (χ0v) is 8.11. The van der Waals surface area contributed by atoms with Crippen LogP contribution in [0.15, 0.2) is 18.3 Å². The fourth-order valence-corrected chi connectivity index (χ4v) is 0.856. The van der Waals surface area contributed by atoms with Crippen LogP contribution < -0.4 is 10.1 Å². The number of pyridine rings is 1. The molecular weight excluding hydrogens is 184 g/mol. The van der Waals surface area contributed by atoms with Gasteiger partial charge in [-0.2, -0.15) is 0 Å². The Kier molecular flexibility index (Phi) is 3.72. The first kappa shape index (κ1) is 10.3. The van der Waals surface area contributed by atoms with Gasteiger partial charge in [-0.1, -0.05) is 0 Å². The van der Waals surface area contributed by atoms with Crippen LogP contribution in [-0.4, -0.2) is 24.8 Å². The third kappa shape index (κ3) is 2.93. The average molecular weight is 196 g/mol. The molecule has 14 heavy (non-hydrogen) atoms. The van der Waals surface area contributed by atoms with Crippen LogP contribution in [0.3, 0.4) is 0 Å². The molecular formula is C9H12N2O3. The van der Waals surface area contributed by atoms with Gasteiger partial charge in [0.15, 0.2) is 0 Å². The minimum Gasteiger partial charge on any atom is -0.478 e. The highest BCUT2D eigenvalue weighted by Gasteiger charge is 2.00. The number of amides is 1. The van der Waals surface area contributed by atoms with E-state index in [9.17, 15) is 4.79 Å². The van der Waals surface area contributed by atoms with E-state index in [1.165, 1.54) is 13.3 Å². The summed E-state index contributed by atoms with van der Waals surface area (Å²) in [6, 6.07) is 3.36. The van der Waals surface area contributed by atoms with E-state index in [4.69, 9.17) is 4.74 Å². The predicted octanol–water partition coefficient (Wildman–Crippen LogP) is 1.66. The second-order valence-electron chi connectivity index (χ2n) is 2.43.